The standard InChI is InChI=1S/C20H14ClF2N5OS/c1-20(22,23)12-4-2-5-13(21)16(12)27-19(30)26-15-10-11(7-9-24-15)18-28-17-14(29-18)6-3-8-25-17/h2-10H,1H3,(H2,24,26,27,30). The number of hydrogen-bond acceptors (Lipinski definition) is 5. The molecular formula is C20H14ClF2N5OS. The normalized spacial score (nSPS) is 11.5. The number of benzene rings is 1. The lowest BCUT2D eigenvalue weighted by atomic mass is 10.1. The van der Waals surface area contributed by atoms with E-state index in [0.29, 0.717) is 28.5 Å². The fourth-order valence-electron chi connectivity index (χ4n) is 2.80. The van der Waals surface area contributed by atoms with Crippen LogP contribution in [-0.2, 0) is 5.92 Å². The quantitative estimate of drug-likeness (QED) is 0.381. The number of fused-ring (bicyclic) bond motifs is 1. The molecule has 0 aliphatic heterocycles. The Morgan fingerprint density at radius 1 is 1.10 bits per heavy atom. The first-order chi connectivity index (χ1) is 14.3. The molecule has 2 N–H and O–H groups in total. The number of alkyl halides is 2. The summed E-state index contributed by atoms with van der Waals surface area (Å²) >= 11 is 11.4. The van der Waals surface area contributed by atoms with Crippen molar-refractivity contribution in [2.24, 2.45) is 0 Å². The Hall–Kier alpha value is -3.17. The Bertz CT molecular complexity index is 1210. The molecule has 0 atom stereocenters. The summed E-state index contributed by atoms with van der Waals surface area (Å²) in [6.07, 6.45) is 3.17. The van der Waals surface area contributed by atoms with Crippen LogP contribution in [0.2, 0.25) is 5.02 Å². The van der Waals surface area contributed by atoms with Crippen molar-refractivity contribution in [1.29, 1.82) is 0 Å². The van der Waals surface area contributed by atoms with Gasteiger partial charge in [0, 0.05) is 30.4 Å². The van der Waals surface area contributed by atoms with Gasteiger partial charge >= 0.3 is 0 Å². The second kappa shape index (κ2) is 7.92. The van der Waals surface area contributed by atoms with Crippen LogP contribution in [-0.4, -0.2) is 20.1 Å². The van der Waals surface area contributed by atoms with Gasteiger partial charge in [-0.15, -0.1) is 0 Å². The molecule has 0 unspecified atom stereocenters. The Morgan fingerprint density at radius 3 is 2.70 bits per heavy atom. The number of para-hydroxylation sites is 1. The Morgan fingerprint density at radius 2 is 1.93 bits per heavy atom. The van der Waals surface area contributed by atoms with E-state index in [1.54, 1.807) is 36.7 Å². The van der Waals surface area contributed by atoms with Gasteiger partial charge in [0.1, 0.15) is 5.82 Å². The van der Waals surface area contributed by atoms with Crippen molar-refractivity contribution in [2.45, 2.75) is 12.8 Å². The van der Waals surface area contributed by atoms with Crippen LogP contribution in [0.4, 0.5) is 20.3 Å². The minimum atomic E-state index is -3.10. The van der Waals surface area contributed by atoms with E-state index in [1.807, 2.05) is 0 Å². The first-order valence-electron chi connectivity index (χ1n) is 8.74. The van der Waals surface area contributed by atoms with Crippen molar-refractivity contribution < 1.29 is 13.2 Å². The first-order valence-corrected chi connectivity index (χ1v) is 9.53. The monoisotopic (exact) mass is 445 g/mol. The maximum atomic E-state index is 13.9. The Labute approximate surface area is 180 Å². The van der Waals surface area contributed by atoms with E-state index in [1.165, 1.54) is 18.2 Å². The molecule has 152 valence electrons. The predicted molar refractivity (Wildman–Crippen MR) is 116 cm³/mol. The van der Waals surface area contributed by atoms with Crippen LogP contribution in [0.3, 0.4) is 0 Å². The summed E-state index contributed by atoms with van der Waals surface area (Å²) in [6.45, 7) is 0.792. The molecule has 1 aromatic carbocycles. The zero-order chi connectivity index (χ0) is 21.3. The number of nitrogens with zero attached hydrogens (tertiary/aromatic N) is 3. The Balaban J connectivity index is 1.56. The summed E-state index contributed by atoms with van der Waals surface area (Å²) in [5.74, 6) is -2.36. The second-order valence-corrected chi connectivity index (χ2v) is 7.22. The van der Waals surface area contributed by atoms with Crippen molar-refractivity contribution in [2.75, 3.05) is 10.6 Å². The SMILES string of the molecule is CC(F)(F)c1cccc(Cl)c1NC(=S)Nc1cc(-c2nc3ncccc3o2)ccn1. The smallest absolute Gasteiger partial charge is 0.272 e. The van der Waals surface area contributed by atoms with Crippen molar-refractivity contribution in [1.82, 2.24) is 15.0 Å². The summed E-state index contributed by atoms with van der Waals surface area (Å²) in [7, 11) is 0. The zero-order valence-electron chi connectivity index (χ0n) is 15.5. The summed E-state index contributed by atoms with van der Waals surface area (Å²) in [6, 6.07) is 11.2. The lowest BCUT2D eigenvalue weighted by Crippen LogP contribution is -2.22. The van der Waals surface area contributed by atoms with Crippen LogP contribution in [0.5, 0.6) is 0 Å². The van der Waals surface area contributed by atoms with Gasteiger partial charge < -0.3 is 15.1 Å². The lowest BCUT2D eigenvalue weighted by molar-refractivity contribution is 0.0183. The second-order valence-electron chi connectivity index (χ2n) is 6.40. The summed E-state index contributed by atoms with van der Waals surface area (Å²) in [4.78, 5) is 12.7. The molecule has 0 bridgehead atoms. The van der Waals surface area contributed by atoms with Crippen LogP contribution < -0.4 is 10.6 Å². The highest BCUT2D eigenvalue weighted by Gasteiger charge is 2.29. The molecule has 0 saturated heterocycles. The number of anilines is 2. The highest BCUT2D eigenvalue weighted by molar-refractivity contribution is 7.80. The first kappa shape index (κ1) is 20.1. The Kier molecular flexibility index (Phi) is 5.31. The number of pyridine rings is 2. The number of nitrogens with one attached hydrogen (secondary N) is 2. The van der Waals surface area contributed by atoms with Gasteiger partial charge in [-0.1, -0.05) is 23.7 Å². The van der Waals surface area contributed by atoms with Gasteiger partial charge in [0.2, 0.25) is 5.89 Å². The largest absolute Gasteiger partial charge is 0.434 e. The fraction of sp³-hybridized carbons (Fsp3) is 0.100. The van der Waals surface area contributed by atoms with Crippen LogP contribution in [0, 0.1) is 0 Å². The maximum Gasteiger partial charge on any atom is 0.272 e. The van der Waals surface area contributed by atoms with Crippen LogP contribution in [0.25, 0.3) is 22.7 Å². The number of aromatic nitrogens is 3. The highest BCUT2D eigenvalue weighted by atomic mass is 35.5. The lowest BCUT2D eigenvalue weighted by Gasteiger charge is -2.19. The molecular weight excluding hydrogens is 432 g/mol. The zero-order valence-corrected chi connectivity index (χ0v) is 17.1. The third-order valence-electron chi connectivity index (χ3n) is 4.14. The molecule has 0 aliphatic rings. The van der Waals surface area contributed by atoms with E-state index in [-0.39, 0.29) is 21.4 Å². The molecule has 10 heteroatoms. The van der Waals surface area contributed by atoms with Gasteiger partial charge in [0.15, 0.2) is 16.3 Å². The van der Waals surface area contributed by atoms with Crippen molar-refractivity contribution in [3.8, 4) is 11.5 Å². The number of oxazole rings is 1. The molecule has 3 aromatic heterocycles. The van der Waals surface area contributed by atoms with Gasteiger partial charge in [0.25, 0.3) is 5.92 Å². The molecule has 0 spiro atoms. The van der Waals surface area contributed by atoms with Gasteiger partial charge in [-0.2, -0.15) is 4.98 Å². The fourth-order valence-corrected chi connectivity index (χ4v) is 3.23. The molecule has 4 aromatic rings. The average molecular weight is 446 g/mol. The van der Waals surface area contributed by atoms with E-state index < -0.39 is 5.92 Å². The van der Waals surface area contributed by atoms with Gasteiger partial charge in [-0.3, -0.25) is 0 Å². The summed E-state index contributed by atoms with van der Waals surface area (Å²) in [5, 5.41) is 5.77. The molecule has 0 radical (unpaired) electrons. The summed E-state index contributed by atoms with van der Waals surface area (Å²) in [5.41, 5.74) is 1.46. The van der Waals surface area contributed by atoms with E-state index in [9.17, 15) is 8.78 Å². The molecule has 0 amide bonds. The molecule has 30 heavy (non-hydrogen) atoms. The third-order valence-corrected chi connectivity index (χ3v) is 4.66. The van der Waals surface area contributed by atoms with Crippen molar-refractivity contribution in [3.05, 3.63) is 65.4 Å². The minimum Gasteiger partial charge on any atom is -0.434 e. The van der Waals surface area contributed by atoms with Crippen LogP contribution >= 0.6 is 23.8 Å². The van der Waals surface area contributed by atoms with Gasteiger partial charge in [0.05, 0.1) is 10.7 Å². The molecule has 0 aliphatic carbocycles. The predicted octanol–water partition coefficient (Wildman–Crippen LogP) is 5.86. The maximum absolute atomic E-state index is 13.9. The van der Waals surface area contributed by atoms with E-state index in [2.05, 4.69) is 25.6 Å². The number of rotatable bonds is 4. The summed E-state index contributed by atoms with van der Waals surface area (Å²) < 4.78 is 33.5. The number of halogens is 3. The number of thiocarbonyl (C=S) groups is 1. The average Bonchev–Trinajstić information content (AvgIpc) is 3.13. The highest BCUT2D eigenvalue weighted by Crippen LogP contribution is 2.37. The molecule has 6 nitrogen and oxygen atoms in total. The topological polar surface area (TPSA) is 75.9 Å². The van der Waals surface area contributed by atoms with Crippen molar-refractivity contribution >= 4 is 51.7 Å². The van der Waals surface area contributed by atoms with E-state index >= 15 is 0 Å². The molecule has 0 saturated carbocycles. The number of hydrogen-bond donors (Lipinski definition) is 2. The molecule has 4 rings (SSSR count). The van der Waals surface area contributed by atoms with Crippen molar-refractivity contribution in [3.63, 3.8) is 0 Å². The van der Waals surface area contributed by atoms with Gasteiger partial charge in [-0.05, 0) is 42.5 Å². The van der Waals surface area contributed by atoms with Crippen LogP contribution in [0.15, 0.2) is 59.3 Å². The molecule has 3 heterocycles. The van der Waals surface area contributed by atoms with Crippen LogP contribution in [0.1, 0.15) is 12.5 Å². The van der Waals surface area contributed by atoms with Gasteiger partial charge in [-0.25, -0.2) is 18.7 Å². The van der Waals surface area contributed by atoms with E-state index in [0.717, 1.165) is 6.92 Å². The van der Waals surface area contributed by atoms with E-state index in [4.69, 9.17) is 28.2 Å². The minimum absolute atomic E-state index is 0.0327. The third kappa shape index (κ3) is 4.22. The molecule has 0 fully saturated rings.